The summed E-state index contributed by atoms with van der Waals surface area (Å²) in [5.74, 6) is 1.23. The molecule has 0 unspecified atom stereocenters. The first kappa shape index (κ1) is 20.6. The molecule has 0 saturated carbocycles. The number of nitrogens with zero attached hydrogens (tertiary/aromatic N) is 4. The van der Waals surface area contributed by atoms with Crippen molar-refractivity contribution in [3.8, 4) is 11.4 Å². The SMILES string of the molecule is CC(C)(C)c1ccc(-c2nc(NCCN3CCCCCC3)n3[nH]c(=O)cc3n2)cc1. The second kappa shape index (κ2) is 8.60. The van der Waals surface area contributed by atoms with Crippen molar-refractivity contribution in [1.29, 1.82) is 0 Å². The van der Waals surface area contributed by atoms with E-state index in [-0.39, 0.29) is 11.0 Å². The third-order valence-corrected chi connectivity index (χ3v) is 5.77. The van der Waals surface area contributed by atoms with Gasteiger partial charge in [-0.05, 0) is 36.9 Å². The molecule has 30 heavy (non-hydrogen) atoms. The molecule has 0 radical (unpaired) electrons. The van der Waals surface area contributed by atoms with Gasteiger partial charge in [0, 0.05) is 24.7 Å². The summed E-state index contributed by atoms with van der Waals surface area (Å²) >= 11 is 0. The van der Waals surface area contributed by atoms with Gasteiger partial charge in [0.05, 0.1) is 0 Å². The van der Waals surface area contributed by atoms with E-state index in [4.69, 9.17) is 4.98 Å². The Balaban J connectivity index is 1.57. The molecular formula is C23H32N6O. The molecule has 1 saturated heterocycles. The van der Waals surface area contributed by atoms with Crippen LogP contribution in [0.25, 0.3) is 17.0 Å². The highest BCUT2D eigenvalue weighted by Gasteiger charge is 2.15. The Kier molecular flexibility index (Phi) is 5.90. The average molecular weight is 409 g/mol. The van der Waals surface area contributed by atoms with Crippen molar-refractivity contribution in [2.45, 2.75) is 51.9 Å². The van der Waals surface area contributed by atoms with Crippen molar-refractivity contribution in [3.63, 3.8) is 0 Å². The van der Waals surface area contributed by atoms with Crippen LogP contribution >= 0.6 is 0 Å². The monoisotopic (exact) mass is 408 g/mol. The van der Waals surface area contributed by atoms with Crippen LogP contribution in [0.5, 0.6) is 0 Å². The number of benzene rings is 1. The maximum absolute atomic E-state index is 11.9. The Morgan fingerprint density at radius 2 is 1.73 bits per heavy atom. The lowest BCUT2D eigenvalue weighted by molar-refractivity contribution is 0.296. The number of fused-ring (bicyclic) bond motifs is 1. The van der Waals surface area contributed by atoms with E-state index in [0.717, 1.165) is 31.7 Å². The topological polar surface area (TPSA) is 78.3 Å². The fourth-order valence-corrected chi connectivity index (χ4v) is 3.96. The molecule has 0 amide bonds. The molecular weight excluding hydrogens is 376 g/mol. The van der Waals surface area contributed by atoms with Gasteiger partial charge in [-0.15, -0.1) is 0 Å². The van der Waals surface area contributed by atoms with Crippen LogP contribution in [0.1, 0.15) is 52.0 Å². The minimum atomic E-state index is -0.180. The predicted molar refractivity (Wildman–Crippen MR) is 121 cm³/mol. The van der Waals surface area contributed by atoms with Gasteiger partial charge in [-0.1, -0.05) is 57.9 Å². The number of hydrogen-bond acceptors (Lipinski definition) is 5. The van der Waals surface area contributed by atoms with Crippen molar-refractivity contribution in [3.05, 3.63) is 46.2 Å². The van der Waals surface area contributed by atoms with Crippen molar-refractivity contribution in [1.82, 2.24) is 24.5 Å². The highest BCUT2D eigenvalue weighted by Crippen LogP contribution is 2.25. The molecule has 1 fully saturated rings. The molecule has 1 aliphatic rings. The van der Waals surface area contributed by atoms with Gasteiger partial charge in [-0.2, -0.15) is 4.98 Å². The fourth-order valence-electron chi connectivity index (χ4n) is 3.96. The van der Waals surface area contributed by atoms with Gasteiger partial charge in [-0.25, -0.2) is 9.50 Å². The molecule has 2 aromatic heterocycles. The maximum Gasteiger partial charge on any atom is 0.266 e. The predicted octanol–water partition coefficient (Wildman–Crippen LogP) is 3.67. The van der Waals surface area contributed by atoms with Gasteiger partial charge in [-0.3, -0.25) is 9.89 Å². The Bertz CT molecular complexity index is 1040. The summed E-state index contributed by atoms with van der Waals surface area (Å²) in [4.78, 5) is 23.8. The third kappa shape index (κ3) is 4.73. The summed E-state index contributed by atoms with van der Waals surface area (Å²) in [7, 11) is 0. The van der Waals surface area contributed by atoms with Crippen LogP contribution in [-0.2, 0) is 5.41 Å². The molecule has 0 spiro atoms. The van der Waals surface area contributed by atoms with Crippen molar-refractivity contribution >= 4 is 11.6 Å². The average Bonchev–Trinajstić information content (AvgIpc) is 2.91. The van der Waals surface area contributed by atoms with E-state index in [1.165, 1.54) is 37.3 Å². The zero-order chi connectivity index (χ0) is 21.1. The van der Waals surface area contributed by atoms with Gasteiger partial charge in [0.2, 0.25) is 5.95 Å². The van der Waals surface area contributed by atoms with Crippen molar-refractivity contribution in [2.24, 2.45) is 0 Å². The van der Waals surface area contributed by atoms with Gasteiger partial charge in [0.1, 0.15) is 0 Å². The van der Waals surface area contributed by atoms with Crippen LogP contribution in [0.3, 0.4) is 0 Å². The molecule has 1 aromatic carbocycles. The van der Waals surface area contributed by atoms with Crippen LogP contribution in [-0.4, -0.2) is 50.7 Å². The minimum Gasteiger partial charge on any atom is -0.353 e. The number of anilines is 1. The van der Waals surface area contributed by atoms with Crippen molar-refractivity contribution < 1.29 is 0 Å². The van der Waals surface area contributed by atoms with Crippen LogP contribution < -0.4 is 10.9 Å². The van der Waals surface area contributed by atoms with Gasteiger partial charge >= 0.3 is 0 Å². The van der Waals surface area contributed by atoms with Gasteiger partial charge in [0.25, 0.3) is 5.56 Å². The minimum absolute atomic E-state index is 0.0946. The van der Waals surface area contributed by atoms with E-state index in [1.54, 1.807) is 4.52 Å². The van der Waals surface area contributed by atoms with Crippen LogP contribution in [0.4, 0.5) is 5.95 Å². The maximum atomic E-state index is 11.9. The standard InChI is InChI=1S/C23H32N6O/c1-23(2,3)18-10-8-17(9-11-18)21-25-19-16-20(30)27-29(19)22(26-21)24-12-15-28-13-6-4-5-7-14-28/h8-11,16H,4-7,12-15H2,1-3H3,(H,27,30)(H,24,25,26). The highest BCUT2D eigenvalue weighted by atomic mass is 16.1. The number of likely N-dealkylation sites (tertiary alicyclic amines) is 1. The number of rotatable bonds is 5. The second-order valence-electron chi connectivity index (χ2n) is 9.19. The molecule has 3 heterocycles. The number of aromatic nitrogens is 4. The number of H-pyrrole nitrogens is 1. The van der Waals surface area contributed by atoms with Gasteiger partial charge in [0.15, 0.2) is 11.5 Å². The van der Waals surface area contributed by atoms with E-state index in [1.807, 2.05) is 0 Å². The van der Waals surface area contributed by atoms with Crippen LogP contribution in [0, 0.1) is 0 Å². The molecule has 2 N–H and O–H groups in total. The molecule has 7 nitrogen and oxygen atoms in total. The Hall–Kier alpha value is -2.67. The summed E-state index contributed by atoms with van der Waals surface area (Å²) in [5, 5.41) is 6.21. The lowest BCUT2D eigenvalue weighted by atomic mass is 9.87. The summed E-state index contributed by atoms with van der Waals surface area (Å²) in [6.07, 6.45) is 5.21. The highest BCUT2D eigenvalue weighted by molar-refractivity contribution is 5.60. The largest absolute Gasteiger partial charge is 0.353 e. The van der Waals surface area contributed by atoms with Gasteiger partial charge < -0.3 is 10.2 Å². The lowest BCUT2D eigenvalue weighted by Crippen LogP contribution is -2.30. The van der Waals surface area contributed by atoms with E-state index < -0.39 is 0 Å². The van der Waals surface area contributed by atoms with Crippen LogP contribution in [0.2, 0.25) is 0 Å². The van der Waals surface area contributed by atoms with E-state index in [0.29, 0.717) is 17.4 Å². The van der Waals surface area contributed by atoms with Crippen LogP contribution in [0.15, 0.2) is 35.1 Å². The first-order valence-corrected chi connectivity index (χ1v) is 11.0. The molecule has 0 bridgehead atoms. The zero-order valence-corrected chi connectivity index (χ0v) is 18.2. The number of nitrogens with one attached hydrogen (secondary N) is 2. The first-order chi connectivity index (χ1) is 14.4. The Morgan fingerprint density at radius 1 is 1.03 bits per heavy atom. The fraction of sp³-hybridized carbons (Fsp3) is 0.522. The molecule has 0 aliphatic carbocycles. The second-order valence-corrected chi connectivity index (χ2v) is 9.19. The third-order valence-electron chi connectivity index (χ3n) is 5.77. The Morgan fingerprint density at radius 3 is 2.40 bits per heavy atom. The lowest BCUT2D eigenvalue weighted by Gasteiger charge is -2.20. The molecule has 160 valence electrons. The van der Waals surface area contributed by atoms with E-state index >= 15 is 0 Å². The quantitative estimate of drug-likeness (QED) is 0.673. The summed E-state index contributed by atoms with van der Waals surface area (Å²) in [6, 6.07) is 9.86. The normalized spacial score (nSPS) is 16.0. The van der Waals surface area contributed by atoms with E-state index in [9.17, 15) is 4.79 Å². The molecule has 1 aliphatic heterocycles. The number of hydrogen-bond donors (Lipinski definition) is 2. The first-order valence-electron chi connectivity index (χ1n) is 11.0. The molecule has 0 atom stereocenters. The van der Waals surface area contributed by atoms with Crippen molar-refractivity contribution in [2.75, 3.05) is 31.5 Å². The number of aromatic amines is 1. The smallest absolute Gasteiger partial charge is 0.266 e. The summed E-state index contributed by atoms with van der Waals surface area (Å²) in [5.41, 5.74) is 2.69. The molecule has 3 aromatic rings. The zero-order valence-electron chi connectivity index (χ0n) is 18.2. The molecule has 7 heteroatoms. The Labute approximate surface area is 177 Å². The summed E-state index contributed by atoms with van der Waals surface area (Å²) < 4.78 is 1.64. The summed E-state index contributed by atoms with van der Waals surface area (Å²) in [6.45, 7) is 10.6. The molecule has 4 rings (SSSR count). The van der Waals surface area contributed by atoms with E-state index in [2.05, 4.69) is 65.3 Å².